The maximum Gasteiger partial charge on any atom is 0.127 e. The summed E-state index contributed by atoms with van der Waals surface area (Å²) in [6.07, 6.45) is 1.35. The Bertz CT molecular complexity index is 331. The molecule has 3 nitrogen and oxygen atoms in total. The van der Waals surface area contributed by atoms with E-state index in [0.717, 1.165) is 17.7 Å². The molecular weight excluding hydrogens is 221 g/mol. The highest BCUT2D eigenvalue weighted by atomic mass is 19.1. The standard InChI is InChI=1S/C13H20FNO2/c1-2-7-16-12-5-4-11(10-15)13(9-12)17-8-3-6-14/h4-5,9H,2-3,6-8,10,15H2,1H3. The smallest absolute Gasteiger partial charge is 0.127 e. The van der Waals surface area contributed by atoms with Gasteiger partial charge < -0.3 is 15.2 Å². The van der Waals surface area contributed by atoms with Crippen molar-refractivity contribution in [3.05, 3.63) is 23.8 Å². The fourth-order valence-electron chi connectivity index (χ4n) is 1.38. The van der Waals surface area contributed by atoms with E-state index in [2.05, 4.69) is 0 Å². The molecule has 0 saturated carbocycles. The number of hydrogen-bond acceptors (Lipinski definition) is 3. The van der Waals surface area contributed by atoms with Crippen molar-refractivity contribution in [1.82, 2.24) is 0 Å². The van der Waals surface area contributed by atoms with Crippen molar-refractivity contribution in [2.45, 2.75) is 26.3 Å². The minimum Gasteiger partial charge on any atom is -0.493 e. The van der Waals surface area contributed by atoms with Crippen LogP contribution in [0.5, 0.6) is 11.5 Å². The van der Waals surface area contributed by atoms with Crippen molar-refractivity contribution in [2.24, 2.45) is 5.73 Å². The summed E-state index contributed by atoms with van der Waals surface area (Å²) < 4.78 is 23.0. The molecule has 0 saturated heterocycles. The molecule has 1 aromatic carbocycles. The van der Waals surface area contributed by atoms with Gasteiger partial charge in [-0.05, 0) is 12.5 Å². The van der Waals surface area contributed by atoms with E-state index in [1.54, 1.807) is 0 Å². The van der Waals surface area contributed by atoms with Crippen LogP contribution in [-0.4, -0.2) is 19.9 Å². The average Bonchev–Trinajstić information content (AvgIpc) is 2.37. The van der Waals surface area contributed by atoms with Crippen molar-refractivity contribution < 1.29 is 13.9 Å². The minimum atomic E-state index is -0.371. The maximum absolute atomic E-state index is 12.0. The SMILES string of the molecule is CCCOc1ccc(CN)c(OCCCF)c1. The van der Waals surface area contributed by atoms with E-state index in [0.29, 0.717) is 31.9 Å². The van der Waals surface area contributed by atoms with E-state index >= 15 is 0 Å². The molecule has 0 aliphatic rings. The summed E-state index contributed by atoms with van der Waals surface area (Å²) in [5.74, 6) is 1.45. The monoisotopic (exact) mass is 241 g/mol. The molecule has 0 atom stereocenters. The van der Waals surface area contributed by atoms with Crippen molar-refractivity contribution in [3.8, 4) is 11.5 Å². The van der Waals surface area contributed by atoms with Gasteiger partial charge in [-0.1, -0.05) is 13.0 Å². The zero-order chi connectivity index (χ0) is 12.5. The third-order valence-corrected chi connectivity index (χ3v) is 2.27. The van der Waals surface area contributed by atoms with Gasteiger partial charge in [0.15, 0.2) is 0 Å². The quantitative estimate of drug-likeness (QED) is 0.712. The fourth-order valence-corrected chi connectivity index (χ4v) is 1.38. The van der Waals surface area contributed by atoms with Gasteiger partial charge in [0.25, 0.3) is 0 Å². The molecule has 0 radical (unpaired) electrons. The van der Waals surface area contributed by atoms with E-state index in [-0.39, 0.29) is 6.67 Å². The lowest BCUT2D eigenvalue weighted by Gasteiger charge is -2.12. The zero-order valence-corrected chi connectivity index (χ0v) is 10.2. The van der Waals surface area contributed by atoms with Crippen LogP contribution in [0.1, 0.15) is 25.3 Å². The number of hydrogen-bond donors (Lipinski definition) is 1. The normalized spacial score (nSPS) is 10.3. The Labute approximate surface area is 102 Å². The highest BCUT2D eigenvalue weighted by Crippen LogP contribution is 2.25. The fraction of sp³-hybridized carbons (Fsp3) is 0.538. The first-order chi connectivity index (χ1) is 8.31. The third kappa shape index (κ3) is 4.61. The third-order valence-electron chi connectivity index (χ3n) is 2.27. The van der Waals surface area contributed by atoms with E-state index in [9.17, 15) is 4.39 Å². The Kier molecular flexibility index (Phi) is 6.40. The number of nitrogens with two attached hydrogens (primary N) is 1. The molecule has 4 heteroatoms. The Morgan fingerprint density at radius 1 is 1.24 bits per heavy atom. The molecule has 0 bridgehead atoms. The number of halogens is 1. The van der Waals surface area contributed by atoms with Gasteiger partial charge in [-0.3, -0.25) is 4.39 Å². The molecular formula is C13H20FNO2. The van der Waals surface area contributed by atoms with Gasteiger partial charge in [-0.15, -0.1) is 0 Å². The largest absolute Gasteiger partial charge is 0.493 e. The molecule has 0 aliphatic heterocycles. The van der Waals surface area contributed by atoms with Crippen molar-refractivity contribution in [2.75, 3.05) is 19.9 Å². The molecule has 0 fully saturated rings. The predicted octanol–water partition coefficient (Wildman–Crippen LogP) is 2.67. The van der Waals surface area contributed by atoms with Gasteiger partial charge in [0.1, 0.15) is 11.5 Å². The van der Waals surface area contributed by atoms with Gasteiger partial charge in [-0.2, -0.15) is 0 Å². The van der Waals surface area contributed by atoms with Crippen molar-refractivity contribution >= 4 is 0 Å². The summed E-state index contributed by atoms with van der Waals surface area (Å²) in [5, 5.41) is 0. The van der Waals surface area contributed by atoms with Crippen LogP contribution in [0.4, 0.5) is 4.39 Å². The minimum absolute atomic E-state index is 0.362. The first kappa shape index (κ1) is 13.8. The Morgan fingerprint density at radius 3 is 2.71 bits per heavy atom. The average molecular weight is 241 g/mol. The van der Waals surface area contributed by atoms with E-state index in [1.807, 2.05) is 25.1 Å². The highest BCUT2D eigenvalue weighted by Gasteiger charge is 2.04. The maximum atomic E-state index is 12.0. The molecule has 0 amide bonds. The van der Waals surface area contributed by atoms with Crippen LogP contribution in [0.15, 0.2) is 18.2 Å². The highest BCUT2D eigenvalue weighted by molar-refractivity contribution is 5.40. The molecule has 0 heterocycles. The summed E-state index contributed by atoms with van der Waals surface area (Å²) in [4.78, 5) is 0. The molecule has 1 aromatic rings. The molecule has 2 N–H and O–H groups in total. The first-order valence-electron chi connectivity index (χ1n) is 5.96. The Hall–Kier alpha value is -1.29. The zero-order valence-electron chi connectivity index (χ0n) is 10.2. The van der Waals surface area contributed by atoms with Gasteiger partial charge in [0.05, 0.1) is 19.9 Å². The second kappa shape index (κ2) is 7.90. The second-order valence-electron chi connectivity index (χ2n) is 3.71. The van der Waals surface area contributed by atoms with Crippen LogP contribution in [0, 0.1) is 0 Å². The Morgan fingerprint density at radius 2 is 2.06 bits per heavy atom. The van der Waals surface area contributed by atoms with E-state index in [4.69, 9.17) is 15.2 Å². The molecule has 0 unspecified atom stereocenters. The summed E-state index contributed by atoms with van der Waals surface area (Å²) >= 11 is 0. The van der Waals surface area contributed by atoms with E-state index < -0.39 is 0 Å². The van der Waals surface area contributed by atoms with E-state index in [1.165, 1.54) is 0 Å². The summed E-state index contributed by atoms with van der Waals surface area (Å²) in [6.45, 7) is 3.11. The lowest BCUT2D eigenvalue weighted by Crippen LogP contribution is -2.05. The lowest BCUT2D eigenvalue weighted by atomic mass is 10.2. The summed E-state index contributed by atoms with van der Waals surface area (Å²) in [5.41, 5.74) is 6.52. The van der Waals surface area contributed by atoms with Crippen LogP contribution < -0.4 is 15.2 Å². The first-order valence-corrected chi connectivity index (χ1v) is 5.96. The van der Waals surface area contributed by atoms with Crippen LogP contribution in [0.25, 0.3) is 0 Å². The summed E-state index contributed by atoms with van der Waals surface area (Å²) in [7, 11) is 0. The molecule has 96 valence electrons. The Balaban J connectivity index is 2.68. The van der Waals surface area contributed by atoms with Crippen molar-refractivity contribution in [1.29, 1.82) is 0 Å². The number of benzene rings is 1. The van der Waals surface area contributed by atoms with Gasteiger partial charge in [0, 0.05) is 24.6 Å². The lowest BCUT2D eigenvalue weighted by molar-refractivity contribution is 0.281. The number of ether oxygens (including phenoxy) is 2. The van der Waals surface area contributed by atoms with Gasteiger partial charge >= 0.3 is 0 Å². The molecule has 0 aromatic heterocycles. The molecule has 17 heavy (non-hydrogen) atoms. The predicted molar refractivity (Wildman–Crippen MR) is 66.2 cm³/mol. The number of alkyl halides is 1. The molecule has 0 aliphatic carbocycles. The number of rotatable bonds is 8. The molecule has 1 rings (SSSR count). The summed E-state index contributed by atoms with van der Waals surface area (Å²) in [6, 6.07) is 5.58. The van der Waals surface area contributed by atoms with Gasteiger partial charge in [0.2, 0.25) is 0 Å². The van der Waals surface area contributed by atoms with Gasteiger partial charge in [-0.25, -0.2) is 0 Å². The van der Waals surface area contributed by atoms with Crippen LogP contribution in [0.3, 0.4) is 0 Å². The van der Waals surface area contributed by atoms with Crippen molar-refractivity contribution in [3.63, 3.8) is 0 Å². The van der Waals surface area contributed by atoms with Crippen LogP contribution in [-0.2, 0) is 6.54 Å². The molecule has 0 spiro atoms. The van der Waals surface area contributed by atoms with Crippen LogP contribution >= 0.6 is 0 Å². The second-order valence-corrected chi connectivity index (χ2v) is 3.71. The van der Waals surface area contributed by atoms with Crippen LogP contribution in [0.2, 0.25) is 0 Å². The topological polar surface area (TPSA) is 44.5 Å².